The fourth-order valence-corrected chi connectivity index (χ4v) is 3.87. The number of carbonyl (C=O) groups is 1. The molecule has 1 aliphatic rings. The van der Waals surface area contributed by atoms with Crippen molar-refractivity contribution in [2.75, 3.05) is 19.7 Å². The lowest BCUT2D eigenvalue weighted by Gasteiger charge is -2.31. The molecule has 5 nitrogen and oxygen atoms in total. The molecule has 32 heavy (non-hydrogen) atoms. The van der Waals surface area contributed by atoms with Gasteiger partial charge in [0, 0.05) is 25.2 Å². The topological polar surface area (TPSA) is 51.7 Å². The maximum absolute atomic E-state index is 13.0. The predicted octanol–water partition coefficient (Wildman–Crippen LogP) is 5.26. The van der Waals surface area contributed by atoms with Crippen LogP contribution in [0.4, 0.5) is 4.39 Å². The van der Waals surface area contributed by atoms with Crippen LogP contribution in [-0.4, -0.2) is 35.4 Å². The van der Waals surface area contributed by atoms with Crippen molar-refractivity contribution in [1.82, 2.24) is 9.88 Å². The summed E-state index contributed by atoms with van der Waals surface area (Å²) in [6.07, 6.45) is 4.21. The van der Waals surface area contributed by atoms with Gasteiger partial charge in [-0.15, -0.1) is 0 Å². The maximum Gasteiger partial charge on any atom is 0.219 e. The third kappa shape index (κ3) is 6.62. The molecular weight excluding hydrogens is 407 g/mol. The van der Waals surface area contributed by atoms with Gasteiger partial charge in [-0.3, -0.25) is 9.69 Å². The van der Waals surface area contributed by atoms with E-state index in [1.807, 2.05) is 24.3 Å². The first kappa shape index (κ1) is 22.0. The minimum absolute atomic E-state index is 0.0796. The van der Waals surface area contributed by atoms with Crippen molar-refractivity contribution in [3.8, 4) is 17.4 Å². The van der Waals surface area contributed by atoms with Gasteiger partial charge in [-0.05, 0) is 79.9 Å². The predicted molar refractivity (Wildman–Crippen MR) is 120 cm³/mol. The molecule has 166 valence electrons. The highest BCUT2D eigenvalue weighted by atomic mass is 19.1. The first-order chi connectivity index (χ1) is 15.6. The van der Waals surface area contributed by atoms with E-state index < -0.39 is 0 Å². The average molecular weight is 435 g/mol. The lowest BCUT2D eigenvalue weighted by Crippen LogP contribution is -2.34. The van der Waals surface area contributed by atoms with Crippen molar-refractivity contribution in [2.24, 2.45) is 5.92 Å². The zero-order valence-corrected chi connectivity index (χ0v) is 18.0. The summed E-state index contributed by atoms with van der Waals surface area (Å²) in [6.45, 7) is 2.81. The van der Waals surface area contributed by atoms with E-state index in [9.17, 15) is 9.18 Å². The Kier molecular flexibility index (Phi) is 7.46. The minimum atomic E-state index is -0.207. The Morgan fingerprint density at radius 2 is 1.69 bits per heavy atom. The number of ether oxygens (including phenoxy) is 2. The summed E-state index contributed by atoms with van der Waals surface area (Å²) in [5.74, 6) is 2.14. The number of hydrogen-bond donors (Lipinski definition) is 0. The first-order valence-corrected chi connectivity index (χ1v) is 10.9. The Bertz CT molecular complexity index is 986. The van der Waals surface area contributed by atoms with Gasteiger partial charge in [0.05, 0.1) is 0 Å². The molecule has 2 heterocycles. The molecule has 6 heteroatoms. The molecule has 0 aliphatic carbocycles. The number of carbonyl (C=O) groups excluding carboxylic acids is 1. The molecule has 0 radical (unpaired) electrons. The molecule has 1 aromatic heterocycles. The van der Waals surface area contributed by atoms with Gasteiger partial charge in [0.15, 0.2) is 5.78 Å². The molecule has 0 spiro atoms. The minimum Gasteiger partial charge on any atom is -0.486 e. The van der Waals surface area contributed by atoms with E-state index in [0.717, 1.165) is 38.0 Å². The average Bonchev–Trinajstić information content (AvgIpc) is 2.82. The van der Waals surface area contributed by atoms with Crippen LogP contribution in [0.3, 0.4) is 0 Å². The molecule has 2 aromatic carbocycles. The zero-order valence-electron chi connectivity index (χ0n) is 18.0. The van der Waals surface area contributed by atoms with Crippen molar-refractivity contribution in [1.29, 1.82) is 0 Å². The molecule has 0 N–H and O–H groups in total. The van der Waals surface area contributed by atoms with E-state index in [1.54, 1.807) is 36.5 Å². The molecule has 1 saturated heterocycles. The van der Waals surface area contributed by atoms with Crippen LogP contribution in [0.15, 0.2) is 72.9 Å². The maximum atomic E-state index is 13.0. The summed E-state index contributed by atoms with van der Waals surface area (Å²) < 4.78 is 24.4. The Hall–Kier alpha value is -3.25. The van der Waals surface area contributed by atoms with E-state index in [-0.39, 0.29) is 18.2 Å². The van der Waals surface area contributed by atoms with Crippen LogP contribution in [0.2, 0.25) is 0 Å². The Balaban J connectivity index is 1.16. The van der Waals surface area contributed by atoms with Crippen LogP contribution in [0.1, 0.15) is 24.8 Å². The summed E-state index contributed by atoms with van der Waals surface area (Å²) in [5, 5.41) is 0. The Morgan fingerprint density at radius 1 is 0.969 bits per heavy atom. The van der Waals surface area contributed by atoms with Crippen molar-refractivity contribution < 1.29 is 18.7 Å². The largest absolute Gasteiger partial charge is 0.486 e. The van der Waals surface area contributed by atoms with Crippen molar-refractivity contribution in [3.05, 3.63) is 84.3 Å². The monoisotopic (exact) mass is 434 g/mol. The molecule has 0 saturated carbocycles. The number of hydrogen-bond acceptors (Lipinski definition) is 5. The number of aromatic nitrogens is 1. The van der Waals surface area contributed by atoms with Crippen LogP contribution in [0.5, 0.6) is 17.4 Å². The van der Waals surface area contributed by atoms with Gasteiger partial charge in [0.25, 0.3) is 0 Å². The van der Waals surface area contributed by atoms with E-state index >= 15 is 0 Å². The second-order valence-electron chi connectivity index (χ2n) is 8.12. The van der Waals surface area contributed by atoms with Gasteiger partial charge in [-0.25, -0.2) is 9.37 Å². The highest BCUT2D eigenvalue weighted by Gasteiger charge is 2.21. The van der Waals surface area contributed by atoms with Gasteiger partial charge < -0.3 is 9.47 Å². The molecule has 0 bridgehead atoms. The highest BCUT2D eigenvalue weighted by Crippen LogP contribution is 2.24. The molecular formula is C26H27FN2O3. The highest BCUT2D eigenvalue weighted by molar-refractivity contribution is 5.80. The third-order valence-electron chi connectivity index (χ3n) is 5.63. The van der Waals surface area contributed by atoms with Crippen LogP contribution < -0.4 is 9.47 Å². The van der Waals surface area contributed by atoms with Crippen molar-refractivity contribution in [3.63, 3.8) is 0 Å². The van der Waals surface area contributed by atoms with Crippen LogP contribution in [0.25, 0.3) is 0 Å². The number of likely N-dealkylation sites (tertiary alicyclic amines) is 1. The van der Waals surface area contributed by atoms with Gasteiger partial charge in [-0.1, -0.05) is 18.2 Å². The summed E-state index contributed by atoms with van der Waals surface area (Å²) in [4.78, 5) is 18.9. The number of piperidine rings is 1. The number of halogens is 1. The molecule has 0 amide bonds. The molecule has 3 aromatic rings. The number of rotatable bonds is 9. The summed E-state index contributed by atoms with van der Waals surface area (Å²) in [6, 6.07) is 19.3. The van der Waals surface area contributed by atoms with E-state index in [2.05, 4.69) is 9.88 Å². The summed E-state index contributed by atoms with van der Waals surface area (Å²) in [7, 11) is 0. The van der Waals surface area contributed by atoms with Crippen LogP contribution in [-0.2, 0) is 11.3 Å². The molecule has 1 fully saturated rings. The van der Waals surface area contributed by atoms with E-state index in [0.29, 0.717) is 29.7 Å². The smallest absolute Gasteiger partial charge is 0.219 e. The molecule has 0 atom stereocenters. The number of benzene rings is 2. The molecule has 1 aliphatic heterocycles. The fraction of sp³-hybridized carbons (Fsp3) is 0.308. The van der Waals surface area contributed by atoms with Crippen LogP contribution >= 0.6 is 0 Å². The van der Waals surface area contributed by atoms with Crippen LogP contribution in [0, 0.1) is 11.7 Å². The first-order valence-electron chi connectivity index (χ1n) is 10.9. The van der Waals surface area contributed by atoms with Gasteiger partial charge in [-0.2, -0.15) is 0 Å². The summed E-state index contributed by atoms with van der Waals surface area (Å²) >= 11 is 0. The Labute approximate surface area is 187 Å². The zero-order chi connectivity index (χ0) is 22.2. The van der Waals surface area contributed by atoms with Gasteiger partial charge in [0.2, 0.25) is 5.88 Å². The van der Waals surface area contributed by atoms with Crippen molar-refractivity contribution in [2.45, 2.75) is 25.8 Å². The summed E-state index contributed by atoms with van der Waals surface area (Å²) in [5.41, 5.74) is 1.12. The lowest BCUT2D eigenvalue weighted by atomic mass is 9.91. The number of ketones is 1. The van der Waals surface area contributed by atoms with Gasteiger partial charge >= 0.3 is 0 Å². The number of nitrogens with zero attached hydrogens (tertiary/aromatic N) is 2. The third-order valence-corrected chi connectivity index (χ3v) is 5.63. The Morgan fingerprint density at radius 3 is 2.38 bits per heavy atom. The normalized spacial score (nSPS) is 14.8. The SMILES string of the molecule is O=C(COc1ccc(Oc2ccccn2)cc1)CC1CCN(Cc2ccc(F)cc2)CC1. The molecule has 4 rings (SSSR count). The molecule has 0 unspecified atom stereocenters. The second-order valence-corrected chi connectivity index (χ2v) is 8.12. The lowest BCUT2D eigenvalue weighted by molar-refractivity contribution is -0.122. The number of Topliss-reactive ketones (excluding diaryl/α,β-unsaturated/α-hetero) is 1. The standard InChI is InChI=1S/C26H27FN2O3/c27-22-6-4-21(5-7-22)18-29-15-12-20(13-16-29)17-23(30)19-31-24-8-10-25(11-9-24)32-26-3-1-2-14-28-26/h1-11,14,20H,12-13,15-19H2. The van der Waals surface area contributed by atoms with Crippen molar-refractivity contribution >= 4 is 5.78 Å². The van der Waals surface area contributed by atoms with E-state index in [1.165, 1.54) is 12.1 Å². The van der Waals surface area contributed by atoms with Gasteiger partial charge in [0.1, 0.15) is 23.9 Å². The fourth-order valence-electron chi connectivity index (χ4n) is 3.87. The second kappa shape index (κ2) is 10.9. The number of pyridine rings is 1. The quantitative estimate of drug-likeness (QED) is 0.460. The van der Waals surface area contributed by atoms with E-state index in [4.69, 9.17) is 9.47 Å².